The van der Waals surface area contributed by atoms with Gasteiger partial charge in [-0.1, -0.05) is 44.0 Å². The third kappa shape index (κ3) is 10.7. The number of likely N-dealkylation sites (tertiary alicyclic amines) is 1. The maximum atomic E-state index is 14.7. The van der Waals surface area contributed by atoms with Crippen molar-refractivity contribution in [3.8, 4) is 0 Å². The number of hydrogen-bond donors (Lipinski definition) is 3. The van der Waals surface area contributed by atoms with E-state index in [0.29, 0.717) is 33.4 Å². The molecule has 0 unspecified atom stereocenters. The van der Waals surface area contributed by atoms with Crippen molar-refractivity contribution in [3.05, 3.63) is 33.8 Å². The number of amides is 7. The van der Waals surface area contributed by atoms with Gasteiger partial charge in [0.2, 0.25) is 41.4 Å². The van der Waals surface area contributed by atoms with Crippen LogP contribution in [0.15, 0.2) is 18.2 Å². The summed E-state index contributed by atoms with van der Waals surface area (Å²) >= 11 is 12.8. The Morgan fingerprint density at radius 3 is 2.30 bits per heavy atom. The first-order valence-electron chi connectivity index (χ1n) is 20.8. The van der Waals surface area contributed by atoms with Gasteiger partial charge in [-0.3, -0.25) is 33.6 Å². The summed E-state index contributed by atoms with van der Waals surface area (Å²) < 4.78 is 56.2. The van der Waals surface area contributed by atoms with Crippen molar-refractivity contribution in [2.24, 2.45) is 17.3 Å². The lowest BCUT2D eigenvalue weighted by Crippen LogP contribution is -2.62. The van der Waals surface area contributed by atoms with Crippen LogP contribution in [0.3, 0.4) is 0 Å². The molecule has 4 heterocycles. The summed E-state index contributed by atoms with van der Waals surface area (Å²) in [6, 6.07) is -1.64. The molecule has 6 rings (SSSR count). The van der Waals surface area contributed by atoms with Crippen LogP contribution in [-0.4, -0.2) is 144 Å². The summed E-state index contributed by atoms with van der Waals surface area (Å²) in [5.41, 5.74) is -2.17. The molecular formula is C41H55Cl2F4N7O7. The molecule has 3 N–H and O–H groups in total. The molecule has 4 saturated heterocycles. The molecule has 5 aliphatic rings. The zero-order chi connectivity index (χ0) is 45.1. The Kier molecular flexibility index (Phi) is 15.3. The van der Waals surface area contributed by atoms with Gasteiger partial charge in [-0.05, 0) is 74.6 Å². The number of alkyl halides is 4. The molecule has 61 heavy (non-hydrogen) atoms. The van der Waals surface area contributed by atoms with Crippen molar-refractivity contribution in [2.75, 3.05) is 40.3 Å². The molecular weight excluding hydrogens is 849 g/mol. The lowest BCUT2D eigenvalue weighted by Gasteiger charge is -2.42. The Morgan fingerprint density at radius 1 is 1.02 bits per heavy atom. The van der Waals surface area contributed by atoms with Gasteiger partial charge in [0.25, 0.3) is 0 Å². The summed E-state index contributed by atoms with van der Waals surface area (Å²) in [7, 11) is 2.78. The van der Waals surface area contributed by atoms with Gasteiger partial charge >= 0.3 is 6.18 Å². The molecule has 338 valence electrons. The Morgan fingerprint density at radius 2 is 1.69 bits per heavy atom. The fraction of sp³-hybridized carbons (Fsp3) is 0.683. The summed E-state index contributed by atoms with van der Waals surface area (Å²) in [5, 5.41) is 8.86. The van der Waals surface area contributed by atoms with Crippen molar-refractivity contribution in [3.63, 3.8) is 0 Å². The number of nitrogens with one attached hydrogen (secondary N) is 3. The van der Waals surface area contributed by atoms with Gasteiger partial charge in [0.15, 0.2) is 0 Å². The molecule has 0 spiro atoms. The molecule has 5 fully saturated rings. The Balaban J connectivity index is 1.39. The van der Waals surface area contributed by atoms with Crippen molar-refractivity contribution >= 4 is 64.6 Å². The van der Waals surface area contributed by atoms with Gasteiger partial charge in [0, 0.05) is 56.6 Å². The predicted molar refractivity (Wildman–Crippen MR) is 217 cm³/mol. The normalized spacial score (nSPS) is 26.9. The standard InChI is InChI=1S/C41H55Cl2F4N7O7/c1-6-28(49-35(57)31-18-26(44)21-54(31)39(61)40(12-13-40)41(45,46)47)36(58)51(4)30-9-7-8-14-48-33(55)24-19-53(20-24)38(60)32(17-23-16-25(42)10-11-27(23)43)52(5)37(59)29(15-22(2)3)50-34(30)56/h10-11,16,22,24,26,28-32H,6-9,12-15,17-21H2,1-5H3,(H,48,55)(H,49,57)(H,50,56)/t26-,28+,29+,30+,31+,32+/m1/s1. The molecule has 1 aromatic rings. The molecule has 4 aliphatic heterocycles. The Labute approximate surface area is 362 Å². The van der Waals surface area contributed by atoms with Gasteiger partial charge in [-0.2, -0.15) is 13.2 Å². The van der Waals surface area contributed by atoms with E-state index in [2.05, 4.69) is 16.0 Å². The third-order valence-corrected chi connectivity index (χ3v) is 12.9. The number of benzene rings is 1. The first kappa shape index (κ1) is 47.9. The van der Waals surface area contributed by atoms with E-state index >= 15 is 0 Å². The lowest BCUT2D eigenvalue weighted by atomic mass is 9.95. The van der Waals surface area contributed by atoms with Crippen LogP contribution in [-0.2, 0) is 40.0 Å². The number of fused-ring (bicyclic) bond motifs is 13. The van der Waals surface area contributed by atoms with Gasteiger partial charge in [0.05, 0.1) is 12.5 Å². The minimum atomic E-state index is -4.88. The van der Waals surface area contributed by atoms with E-state index in [1.54, 1.807) is 25.1 Å². The monoisotopic (exact) mass is 903 g/mol. The number of halogens is 6. The van der Waals surface area contributed by atoms with Crippen LogP contribution >= 0.6 is 23.2 Å². The Hall–Kier alpha value is -4.19. The maximum Gasteiger partial charge on any atom is 0.403 e. The first-order valence-corrected chi connectivity index (χ1v) is 21.5. The van der Waals surface area contributed by atoms with Gasteiger partial charge in [-0.25, -0.2) is 4.39 Å². The van der Waals surface area contributed by atoms with Crippen LogP contribution in [0, 0.1) is 17.3 Å². The molecule has 7 amide bonds. The van der Waals surface area contributed by atoms with E-state index in [4.69, 9.17) is 23.2 Å². The van der Waals surface area contributed by atoms with Gasteiger partial charge in [0.1, 0.15) is 41.8 Å². The molecule has 1 aromatic carbocycles. The van der Waals surface area contributed by atoms with E-state index in [9.17, 15) is 51.1 Å². The molecule has 1 saturated carbocycles. The highest BCUT2D eigenvalue weighted by atomic mass is 35.5. The number of carbonyl (C=O) groups excluding carboxylic acids is 7. The minimum absolute atomic E-state index is 0.0257. The van der Waals surface area contributed by atoms with E-state index in [-0.39, 0.29) is 57.1 Å². The maximum absolute atomic E-state index is 14.7. The smallest absolute Gasteiger partial charge is 0.356 e. The van der Waals surface area contributed by atoms with Gasteiger partial charge < -0.3 is 35.6 Å². The average molecular weight is 905 g/mol. The molecule has 6 atom stereocenters. The van der Waals surface area contributed by atoms with Crippen LogP contribution in [0.2, 0.25) is 10.0 Å². The van der Waals surface area contributed by atoms with E-state index < -0.39 is 115 Å². The second-order valence-electron chi connectivity index (χ2n) is 17.1. The molecule has 2 bridgehead atoms. The summed E-state index contributed by atoms with van der Waals surface area (Å²) in [4.78, 5) is 101. The SMILES string of the molecule is CC[C@H](NC(=O)[C@@H]1C[C@@H](F)CN1C(=O)C1(C(F)(F)F)CC1)C(=O)N(C)[C@H]1CCCCNC(=O)C2CN(C2)C(=O)[C@H](Cc2cc(Cl)ccc2Cl)N(C)C(=O)[C@H](CC(C)C)NC1=O. The van der Waals surface area contributed by atoms with Crippen LogP contribution < -0.4 is 16.0 Å². The highest BCUT2D eigenvalue weighted by Gasteiger charge is 2.70. The third-order valence-electron chi connectivity index (χ3n) is 12.3. The minimum Gasteiger partial charge on any atom is -0.356 e. The second-order valence-corrected chi connectivity index (χ2v) is 18.0. The highest BCUT2D eigenvalue weighted by Crippen LogP contribution is 2.59. The van der Waals surface area contributed by atoms with Crippen LogP contribution in [0.5, 0.6) is 0 Å². The molecule has 0 aromatic heterocycles. The van der Waals surface area contributed by atoms with Crippen molar-refractivity contribution in [2.45, 2.75) is 121 Å². The number of hydrogen-bond acceptors (Lipinski definition) is 7. The first-order chi connectivity index (χ1) is 28.6. The highest BCUT2D eigenvalue weighted by molar-refractivity contribution is 6.33. The summed E-state index contributed by atoms with van der Waals surface area (Å²) in [5.74, 6) is -5.73. The van der Waals surface area contributed by atoms with Crippen LogP contribution in [0.25, 0.3) is 0 Å². The predicted octanol–water partition coefficient (Wildman–Crippen LogP) is 3.66. The molecule has 20 heteroatoms. The van der Waals surface area contributed by atoms with Crippen molar-refractivity contribution in [1.82, 2.24) is 35.6 Å². The second kappa shape index (κ2) is 19.5. The number of rotatable bonds is 10. The zero-order valence-corrected chi connectivity index (χ0v) is 36.5. The fourth-order valence-electron chi connectivity index (χ4n) is 8.29. The number of likely N-dealkylation sites (N-methyl/N-ethyl adjacent to an activating group) is 2. The van der Waals surface area contributed by atoms with Crippen molar-refractivity contribution < 1.29 is 51.1 Å². The van der Waals surface area contributed by atoms with Crippen molar-refractivity contribution in [1.29, 1.82) is 0 Å². The number of nitrogens with zero attached hydrogens (tertiary/aromatic N) is 4. The zero-order valence-electron chi connectivity index (χ0n) is 35.0. The molecule has 0 radical (unpaired) electrons. The fourth-order valence-corrected chi connectivity index (χ4v) is 8.68. The van der Waals surface area contributed by atoms with Crippen LogP contribution in [0.4, 0.5) is 17.6 Å². The Bertz CT molecular complexity index is 1860. The van der Waals surface area contributed by atoms with Crippen LogP contribution in [0.1, 0.15) is 77.7 Å². The van der Waals surface area contributed by atoms with E-state index in [1.165, 1.54) is 23.9 Å². The molecule has 1 aliphatic carbocycles. The quantitative estimate of drug-likeness (QED) is 0.302. The largest absolute Gasteiger partial charge is 0.403 e. The van der Waals surface area contributed by atoms with Gasteiger partial charge in [-0.15, -0.1) is 0 Å². The summed E-state index contributed by atoms with van der Waals surface area (Å²) in [6.45, 7) is 5.07. The number of carbonyl (C=O) groups is 7. The lowest BCUT2D eigenvalue weighted by molar-refractivity contribution is -0.199. The van der Waals surface area contributed by atoms with E-state index in [1.807, 2.05) is 13.8 Å². The summed E-state index contributed by atoms with van der Waals surface area (Å²) in [6.07, 6.45) is -7.25. The topological polar surface area (TPSA) is 169 Å². The molecule has 14 nitrogen and oxygen atoms in total. The average Bonchev–Trinajstić information content (AvgIpc) is 3.91. The van der Waals surface area contributed by atoms with E-state index in [0.717, 1.165) is 4.90 Å².